The highest BCUT2D eigenvalue weighted by atomic mass is 19.1. The van der Waals surface area contributed by atoms with Crippen LogP contribution in [-0.2, 0) is 4.79 Å². The van der Waals surface area contributed by atoms with Crippen LogP contribution in [-0.4, -0.2) is 44.5 Å². The van der Waals surface area contributed by atoms with Crippen molar-refractivity contribution in [3.63, 3.8) is 0 Å². The molecule has 2 rings (SSSR count). The first-order valence-corrected chi connectivity index (χ1v) is 5.64. The number of halogens is 1. The highest BCUT2D eigenvalue weighted by Gasteiger charge is 2.17. The first kappa shape index (κ1) is 11.9. The molecule has 1 fully saturated rings. The quantitative estimate of drug-likeness (QED) is 0.801. The van der Waals surface area contributed by atoms with Crippen LogP contribution in [0.15, 0.2) is 18.2 Å². The molecule has 1 aromatic rings. The van der Waals surface area contributed by atoms with Gasteiger partial charge in [0, 0.05) is 31.9 Å². The maximum Gasteiger partial charge on any atom is 0.211 e. The number of rotatable bonds is 3. The van der Waals surface area contributed by atoms with Crippen LogP contribution in [0.3, 0.4) is 0 Å². The number of likely N-dealkylation sites (N-methyl/N-ethyl adjacent to an activating group) is 1. The Hall–Kier alpha value is -1.62. The molecule has 1 aromatic carbocycles. The Labute approximate surface area is 100 Å². The third-order valence-electron chi connectivity index (χ3n) is 3.02. The second-order valence-electron chi connectivity index (χ2n) is 4.22. The number of nitrogens with zero attached hydrogens (tertiary/aromatic N) is 2. The van der Waals surface area contributed by atoms with E-state index in [1.54, 1.807) is 12.1 Å². The van der Waals surface area contributed by atoms with Gasteiger partial charge in [-0.05, 0) is 25.2 Å². The standard InChI is InChI=1S/C12H16FN3O/c1-15-4-6-16(7-5-15)12-3-2-10(14-9-17)8-11(12)13/h2-3,8-9H,4-7H2,1H3,(H,14,17). The van der Waals surface area contributed by atoms with Gasteiger partial charge in [0.05, 0.1) is 5.69 Å². The van der Waals surface area contributed by atoms with Gasteiger partial charge in [0.1, 0.15) is 5.82 Å². The zero-order valence-corrected chi connectivity index (χ0v) is 9.82. The predicted molar refractivity (Wildman–Crippen MR) is 65.8 cm³/mol. The lowest BCUT2D eigenvalue weighted by atomic mass is 10.2. The van der Waals surface area contributed by atoms with Crippen molar-refractivity contribution in [2.75, 3.05) is 43.4 Å². The summed E-state index contributed by atoms with van der Waals surface area (Å²) in [5, 5.41) is 2.44. The summed E-state index contributed by atoms with van der Waals surface area (Å²) in [6.07, 6.45) is 0.546. The largest absolute Gasteiger partial charge is 0.367 e. The topological polar surface area (TPSA) is 35.6 Å². The summed E-state index contributed by atoms with van der Waals surface area (Å²) >= 11 is 0. The normalized spacial score (nSPS) is 16.9. The molecular formula is C12H16FN3O. The van der Waals surface area contributed by atoms with Crippen molar-refractivity contribution in [2.45, 2.75) is 0 Å². The summed E-state index contributed by atoms with van der Waals surface area (Å²) in [5.74, 6) is -0.290. The Kier molecular flexibility index (Phi) is 3.58. The molecule has 1 amide bonds. The van der Waals surface area contributed by atoms with Gasteiger partial charge in [-0.1, -0.05) is 0 Å². The molecule has 0 aliphatic carbocycles. The van der Waals surface area contributed by atoms with E-state index in [1.807, 2.05) is 4.90 Å². The lowest BCUT2D eigenvalue weighted by molar-refractivity contribution is -0.105. The Morgan fingerprint density at radius 1 is 1.29 bits per heavy atom. The molecule has 92 valence electrons. The molecule has 0 atom stereocenters. The molecule has 1 heterocycles. The minimum atomic E-state index is -0.290. The van der Waals surface area contributed by atoms with Crippen molar-refractivity contribution in [2.24, 2.45) is 0 Å². The van der Waals surface area contributed by atoms with Gasteiger partial charge in [-0.2, -0.15) is 0 Å². The fraction of sp³-hybridized carbons (Fsp3) is 0.417. The van der Waals surface area contributed by atoms with E-state index < -0.39 is 0 Å². The summed E-state index contributed by atoms with van der Waals surface area (Å²) in [5.41, 5.74) is 1.09. The molecule has 1 aliphatic rings. The van der Waals surface area contributed by atoms with Gasteiger partial charge in [0.2, 0.25) is 6.41 Å². The third-order valence-corrected chi connectivity index (χ3v) is 3.02. The summed E-state index contributed by atoms with van der Waals surface area (Å²) in [4.78, 5) is 14.5. The summed E-state index contributed by atoms with van der Waals surface area (Å²) in [6, 6.07) is 4.78. The van der Waals surface area contributed by atoms with Crippen LogP contribution in [0.25, 0.3) is 0 Å². The van der Waals surface area contributed by atoms with E-state index in [9.17, 15) is 9.18 Å². The second kappa shape index (κ2) is 5.14. The number of piperazine rings is 1. The van der Waals surface area contributed by atoms with E-state index in [1.165, 1.54) is 6.07 Å². The molecule has 0 aromatic heterocycles. The molecular weight excluding hydrogens is 221 g/mol. The molecule has 0 saturated carbocycles. The number of hydrogen-bond donors (Lipinski definition) is 1. The van der Waals surface area contributed by atoms with Crippen LogP contribution < -0.4 is 10.2 Å². The van der Waals surface area contributed by atoms with Crippen LogP contribution in [0.5, 0.6) is 0 Å². The van der Waals surface area contributed by atoms with E-state index in [-0.39, 0.29) is 5.82 Å². The van der Waals surface area contributed by atoms with Crippen molar-refractivity contribution in [3.8, 4) is 0 Å². The Morgan fingerprint density at radius 2 is 2.00 bits per heavy atom. The van der Waals surface area contributed by atoms with Crippen molar-refractivity contribution in [1.29, 1.82) is 0 Å². The molecule has 1 saturated heterocycles. The van der Waals surface area contributed by atoms with Crippen molar-refractivity contribution in [1.82, 2.24) is 4.90 Å². The molecule has 0 radical (unpaired) electrons. The zero-order chi connectivity index (χ0) is 12.3. The molecule has 4 nitrogen and oxygen atoms in total. The summed E-state index contributed by atoms with van der Waals surface area (Å²) < 4.78 is 13.8. The lowest BCUT2D eigenvalue weighted by Gasteiger charge is -2.34. The van der Waals surface area contributed by atoms with Crippen molar-refractivity contribution >= 4 is 17.8 Å². The molecule has 1 N–H and O–H groups in total. The number of carbonyl (C=O) groups is 1. The molecule has 0 spiro atoms. The first-order valence-electron chi connectivity index (χ1n) is 5.64. The highest BCUT2D eigenvalue weighted by molar-refractivity contribution is 5.72. The van der Waals surface area contributed by atoms with E-state index >= 15 is 0 Å². The van der Waals surface area contributed by atoms with Crippen LogP contribution >= 0.6 is 0 Å². The van der Waals surface area contributed by atoms with Gasteiger partial charge in [-0.25, -0.2) is 4.39 Å². The van der Waals surface area contributed by atoms with Gasteiger partial charge in [-0.3, -0.25) is 4.79 Å². The smallest absolute Gasteiger partial charge is 0.211 e. The number of anilines is 2. The average molecular weight is 237 g/mol. The molecule has 17 heavy (non-hydrogen) atoms. The van der Waals surface area contributed by atoms with Gasteiger partial charge >= 0.3 is 0 Å². The number of carbonyl (C=O) groups excluding carboxylic acids is 1. The van der Waals surface area contributed by atoms with Crippen LogP contribution in [0.1, 0.15) is 0 Å². The number of hydrogen-bond acceptors (Lipinski definition) is 3. The van der Waals surface area contributed by atoms with Crippen molar-refractivity contribution < 1.29 is 9.18 Å². The number of amides is 1. The van der Waals surface area contributed by atoms with Gasteiger partial charge in [-0.15, -0.1) is 0 Å². The average Bonchev–Trinajstić information content (AvgIpc) is 2.31. The Balaban J connectivity index is 2.13. The van der Waals surface area contributed by atoms with Crippen LogP contribution in [0.4, 0.5) is 15.8 Å². The molecule has 5 heteroatoms. The fourth-order valence-electron chi connectivity index (χ4n) is 1.97. The Bertz CT molecular complexity index is 403. The lowest BCUT2D eigenvalue weighted by Crippen LogP contribution is -2.44. The van der Waals surface area contributed by atoms with Crippen LogP contribution in [0.2, 0.25) is 0 Å². The predicted octanol–water partition coefficient (Wildman–Crippen LogP) is 1.15. The van der Waals surface area contributed by atoms with E-state index in [0.717, 1.165) is 26.2 Å². The van der Waals surface area contributed by atoms with Gasteiger partial charge in [0.15, 0.2) is 0 Å². The molecule has 1 aliphatic heterocycles. The zero-order valence-electron chi connectivity index (χ0n) is 9.82. The third kappa shape index (κ3) is 2.74. The van der Waals surface area contributed by atoms with Crippen molar-refractivity contribution in [3.05, 3.63) is 24.0 Å². The molecule has 0 bridgehead atoms. The van der Waals surface area contributed by atoms with E-state index in [4.69, 9.17) is 0 Å². The summed E-state index contributed by atoms with van der Waals surface area (Å²) in [6.45, 7) is 3.53. The fourth-order valence-corrected chi connectivity index (χ4v) is 1.97. The minimum Gasteiger partial charge on any atom is -0.367 e. The van der Waals surface area contributed by atoms with E-state index in [2.05, 4.69) is 17.3 Å². The summed E-state index contributed by atoms with van der Waals surface area (Å²) in [7, 11) is 2.06. The number of benzene rings is 1. The molecule has 0 unspecified atom stereocenters. The van der Waals surface area contributed by atoms with Gasteiger partial charge < -0.3 is 15.1 Å². The Morgan fingerprint density at radius 3 is 2.59 bits per heavy atom. The first-order chi connectivity index (χ1) is 8.20. The maximum atomic E-state index is 13.8. The van der Waals surface area contributed by atoms with Crippen LogP contribution in [0, 0.1) is 5.82 Å². The number of nitrogens with one attached hydrogen (secondary N) is 1. The van der Waals surface area contributed by atoms with Gasteiger partial charge in [0.25, 0.3) is 0 Å². The maximum absolute atomic E-state index is 13.8. The SMILES string of the molecule is CN1CCN(c2ccc(NC=O)cc2F)CC1. The monoisotopic (exact) mass is 237 g/mol. The van der Waals surface area contributed by atoms with E-state index in [0.29, 0.717) is 17.8 Å². The highest BCUT2D eigenvalue weighted by Crippen LogP contribution is 2.23. The minimum absolute atomic E-state index is 0.290. The second-order valence-corrected chi connectivity index (χ2v) is 4.22.